The first kappa shape index (κ1) is 31.0. The maximum atomic E-state index is 13.0. The highest BCUT2D eigenvalue weighted by Gasteiger charge is 2.22. The second kappa shape index (κ2) is 14.4. The molecule has 9 heteroatoms. The summed E-state index contributed by atoms with van der Waals surface area (Å²) in [4.78, 5) is 19.8. The van der Waals surface area contributed by atoms with Gasteiger partial charge in [-0.15, -0.1) is 0 Å². The lowest BCUT2D eigenvalue weighted by Gasteiger charge is -2.29. The number of hydrogen-bond acceptors (Lipinski definition) is 8. The number of aromatic nitrogens is 1. The van der Waals surface area contributed by atoms with Gasteiger partial charge in [-0.1, -0.05) is 19.9 Å². The Hall–Kier alpha value is -4.39. The first-order chi connectivity index (χ1) is 21.5. The van der Waals surface area contributed by atoms with Crippen LogP contribution in [0.25, 0.3) is 33.6 Å². The fourth-order valence-corrected chi connectivity index (χ4v) is 5.62. The average Bonchev–Trinajstić information content (AvgIpc) is 3.51. The van der Waals surface area contributed by atoms with Crippen molar-refractivity contribution >= 4 is 17.0 Å². The summed E-state index contributed by atoms with van der Waals surface area (Å²) in [6.07, 6.45) is 5.25. The second-order valence-corrected chi connectivity index (χ2v) is 10.9. The van der Waals surface area contributed by atoms with E-state index in [9.17, 15) is 10.1 Å². The molecule has 230 valence electrons. The number of furan rings is 1. The van der Waals surface area contributed by atoms with Crippen molar-refractivity contribution in [3.63, 3.8) is 0 Å². The second-order valence-electron chi connectivity index (χ2n) is 10.9. The average molecular weight is 597 g/mol. The summed E-state index contributed by atoms with van der Waals surface area (Å²) in [6.45, 7) is 7.28. The highest BCUT2D eigenvalue weighted by molar-refractivity contribution is 5.97. The van der Waals surface area contributed by atoms with Crippen molar-refractivity contribution in [3.8, 4) is 40.0 Å². The zero-order valence-corrected chi connectivity index (χ0v) is 25.9. The number of carbonyl (C=O) groups is 1. The Kier molecular flexibility index (Phi) is 10.2. The molecule has 9 nitrogen and oxygen atoms in total. The number of benzene rings is 2. The fraction of sp³-hybridized carbons (Fsp3) is 0.400. The van der Waals surface area contributed by atoms with Gasteiger partial charge in [-0.25, -0.2) is 0 Å². The summed E-state index contributed by atoms with van der Waals surface area (Å²) < 4.78 is 23.6. The molecule has 0 saturated carbocycles. The molecule has 0 unspecified atom stereocenters. The van der Waals surface area contributed by atoms with E-state index in [1.807, 2.05) is 50.2 Å². The standard InChI is InChI=1S/C33H34N4O5.C2H6/c1-37-13-8-24(9-14-37)36-33(38)22-3-5-27(30(18-22)39-2)31-19-28-32(42-31)26(7-12-35-28)21-4-6-29(23(17-21)20-34)41-25-10-15-40-16-11-25;1-2/h3-7,12,17-19,24-25H,8-11,13-16H2,1-2H3,(H,36,38);1-2H3. The lowest BCUT2D eigenvalue weighted by atomic mass is 10.0. The topological polar surface area (TPSA) is 110 Å². The summed E-state index contributed by atoms with van der Waals surface area (Å²) in [6, 6.07) is 17.2. The van der Waals surface area contributed by atoms with Crippen molar-refractivity contribution < 1.29 is 23.4 Å². The van der Waals surface area contributed by atoms with Gasteiger partial charge in [0.25, 0.3) is 5.91 Å². The van der Waals surface area contributed by atoms with Crippen LogP contribution in [-0.2, 0) is 4.74 Å². The van der Waals surface area contributed by atoms with E-state index in [-0.39, 0.29) is 18.1 Å². The molecule has 0 aliphatic carbocycles. The van der Waals surface area contributed by atoms with Crippen LogP contribution in [0.1, 0.15) is 55.5 Å². The van der Waals surface area contributed by atoms with Crippen molar-refractivity contribution in [3.05, 3.63) is 65.9 Å². The third-order valence-corrected chi connectivity index (χ3v) is 8.07. The molecular weight excluding hydrogens is 556 g/mol. The van der Waals surface area contributed by atoms with Crippen molar-refractivity contribution in [2.45, 2.75) is 51.7 Å². The van der Waals surface area contributed by atoms with Gasteiger partial charge in [-0.2, -0.15) is 5.26 Å². The highest BCUT2D eigenvalue weighted by Crippen LogP contribution is 2.38. The Balaban J connectivity index is 0.00000188. The predicted molar refractivity (Wildman–Crippen MR) is 170 cm³/mol. The zero-order valence-electron chi connectivity index (χ0n) is 25.9. The van der Waals surface area contributed by atoms with E-state index in [1.165, 1.54) is 0 Å². The molecule has 4 heterocycles. The molecule has 1 N–H and O–H groups in total. The summed E-state index contributed by atoms with van der Waals surface area (Å²) in [5.41, 5.74) is 4.63. The summed E-state index contributed by atoms with van der Waals surface area (Å²) >= 11 is 0. The first-order valence-corrected chi connectivity index (χ1v) is 15.4. The van der Waals surface area contributed by atoms with Crippen LogP contribution >= 0.6 is 0 Å². The molecule has 2 fully saturated rings. The van der Waals surface area contributed by atoms with Crippen LogP contribution in [0.4, 0.5) is 0 Å². The van der Waals surface area contributed by atoms with Crippen molar-refractivity contribution in [2.75, 3.05) is 40.5 Å². The molecule has 1 amide bonds. The number of likely N-dealkylation sites (tertiary alicyclic amines) is 1. The third-order valence-electron chi connectivity index (χ3n) is 8.07. The van der Waals surface area contributed by atoms with Crippen LogP contribution in [0.15, 0.2) is 59.1 Å². The summed E-state index contributed by atoms with van der Waals surface area (Å²) in [7, 11) is 3.68. The number of methoxy groups -OCH3 is 1. The van der Waals surface area contributed by atoms with Gasteiger partial charge in [0, 0.05) is 42.3 Å². The van der Waals surface area contributed by atoms with Gasteiger partial charge < -0.3 is 28.8 Å². The van der Waals surface area contributed by atoms with E-state index in [0.717, 1.165) is 55.5 Å². The van der Waals surface area contributed by atoms with Gasteiger partial charge >= 0.3 is 0 Å². The minimum Gasteiger partial charge on any atom is -0.496 e. The molecule has 6 rings (SSSR count). The number of nitrogens with zero attached hydrogens (tertiary/aromatic N) is 3. The molecule has 2 aliphatic heterocycles. The SMILES string of the molecule is CC.COc1cc(C(=O)NC2CCN(C)CC2)ccc1-c1cc2nccc(-c3ccc(OC4CCOCC4)c(C#N)c3)c2o1. The van der Waals surface area contributed by atoms with Crippen LogP contribution in [0.2, 0.25) is 0 Å². The third kappa shape index (κ3) is 6.88. The van der Waals surface area contributed by atoms with E-state index >= 15 is 0 Å². The number of hydrogen-bond donors (Lipinski definition) is 1. The van der Waals surface area contributed by atoms with E-state index < -0.39 is 0 Å². The van der Waals surface area contributed by atoms with Gasteiger partial charge in [0.2, 0.25) is 0 Å². The van der Waals surface area contributed by atoms with E-state index in [0.29, 0.717) is 52.7 Å². The van der Waals surface area contributed by atoms with E-state index in [2.05, 4.69) is 28.3 Å². The quantitative estimate of drug-likeness (QED) is 0.259. The number of piperidine rings is 1. The van der Waals surface area contributed by atoms with Crippen molar-refractivity contribution in [2.24, 2.45) is 0 Å². The van der Waals surface area contributed by atoms with Crippen LogP contribution in [0.3, 0.4) is 0 Å². The predicted octanol–water partition coefficient (Wildman–Crippen LogP) is 6.45. The lowest BCUT2D eigenvalue weighted by molar-refractivity contribution is 0.0254. The molecular formula is C35H40N4O5. The summed E-state index contributed by atoms with van der Waals surface area (Å²) in [5.74, 6) is 1.57. The number of ether oxygens (including phenoxy) is 3. The molecule has 0 spiro atoms. The van der Waals surface area contributed by atoms with Crippen LogP contribution in [0, 0.1) is 11.3 Å². The first-order valence-electron chi connectivity index (χ1n) is 15.4. The Labute approximate surface area is 258 Å². The van der Waals surface area contributed by atoms with Gasteiger partial charge in [-0.05, 0) is 74.9 Å². The van der Waals surface area contributed by atoms with E-state index in [4.69, 9.17) is 18.6 Å². The molecule has 2 aromatic carbocycles. The number of nitrogens with one attached hydrogen (secondary N) is 1. The fourth-order valence-electron chi connectivity index (χ4n) is 5.62. The Morgan fingerprint density at radius 1 is 1.00 bits per heavy atom. The largest absolute Gasteiger partial charge is 0.496 e. The van der Waals surface area contributed by atoms with Crippen LogP contribution in [-0.4, -0.2) is 68.4 Å². The number of pyridine rings is 1. The molecule has 2 aromatic heterocycles. The number of carbonyl (C=O) groups excluding carboxylic acids is 1. The molecule has 44 heavy (non-hydrogen) atoms. The maximum Gasteiger partial charge on any atom is 0.251 e. The number of fused-ring (bicyclic) bond motifs is 1. The molecule has 0 bridgehead atoms. The number of amides is 1. The molecule has 0 atom stereocenters. The zero-order chi connectivity index (χ0) is 31.1. The van der Waals surface area contributed by atoms with Crippen LogP contribution in [0.5, 0.6) is 11.5 Å². The normalized spacial score (nSPS) is 16.1. The van der Waals surface area contributed by atoms with Gasteiger partial charge in [0.15, 0.2) is 5.58 Å². The van der Waals surface area contributed by atoms with Crippen LogP contribution < -0.4 is 14.8 Å². The van der Waals surface area contributed by atoms with Crippen molar-refractivity contribution in [1.82, 2.24) is 15.2 Å². The Bertz CT molecular complexity index is 1630. The highest BCUT2D eigenvalue weighted by atomic mass is 16.5. The monoisotopic (exact) mass is 596 g/mol. The number of nitriles is 1. The van der Waals surface area contributed by atoms with E-state index in [1.54, 1.807) is 25.4 Å². The number of rotatable bonds is 7. The lowest BCUT2D eigenvalue weighted by Crippen LogP contribution is -2.43. The smallest absolute Gasteiger partial charge is 0.251 e. The summed E-state index contributed by atoms with van der Waals surface area (Å²) in [5, 5.41) is 13.0. The van der Waals surface area contributed by atoms with Gasteiger partial charge in [-0.3, -0.25) is 9.78 Å². The minimum atomic E-state index is -0.111. The Morgan fingerprint density at radius 2 is 1.77 bits per heavy atom. The van der Waals surface area contributed by atoms with Crippen molar-refractivity contribution in [1.29, 1.82) is 5.26 Å². The van der Waals surface area contributed by atoms with Gasteiger partial charge in [0.05, 0.1) is 31.5 Å². The minimum absolute atomic E-state index is 0.0404. The molecule has 0 radical (unpaired) electrons. The Morgan fingerprint density at radius 3 is 2.50 bits per heavy atom. The molecule has 4 aromatic rings. The molecule has 2 aliphatic rings. The van der Waals surface area contributed by atoms with Gasteiger partial charge in [0.1, 0.15) is 34.9 Å². The maximum absolute atomic E-state index is 13.0. The molecule has 2 saturated heterocycles.